The lowest BCUT2D eigenvalue weighted by molar-refractivity contribution is 0.797. The SMILES string of the molecule is CCNC(=NCc1ccc(C)s1)NCCc1ncc(CC)s1.I. The fraction of sp³-hybridized carbons (Fsp3) is 0.500. The second-order valence-corrected chi connectivity index (χ2v) is 7.53. The molecule has 0 spiro atoms. The maximum absolute atomic E-state index is 4.64. The van der Waals surface area contributed by atoms with Gasteiger partial charge in [0.25, 0.3) is 0 Å². The van der Waals surface area contributed by atoms with Gasteiger partial charge in [-0.1, -0.05) is 6.92 Å². The highest BCUT2D eigenvalue weighted by Gasteiger charge is 2.02. The van der Waals surface area contributed by atoms with Gasteiger partial charge in [-0.3, -0.25) is 0 Å². The standard InChI is InChI=1S/C16H24N4S2.HI/c1-4-13-10-19-15(22-13)8-9-18-16(17-5-2)20-11-14-7-6-12(3)21-14;/h6-7,10H,4-5,8-9,11H2,1-3H3,(H2,17,18,20);1H. The van der Waals surface area contributed by atoms with E-state index in [1.54, 1.807) is 22.7 Å². The quantitative estimate of drug-likeness (QED) is 0.370. The van der Waals surface area contributed by atoms with Crippen molar-refractivity contribution < 1.29 is 0 Å². The molecule has 2 heterocycles. The average Bonchev–Trinajstić information content (AvgIpc) is 3.13. The Bertz CT molecular complexity index is 607. The fourth-order valence-electron chi connectivity index (χ4n) is 1.98. The topological polar surface area (TPSA) is 49.3 Å². The Kier molecular flexibility index (Phi) is 9.73. The van der Waals surface area contributed by atoms with Crippen molar-refractivity contribution in [1.82, 2.24) is 15.6 Å². The first-order valence-electron chi connectivity index (χ1n) is 7.72. The molecule has 0 fully saturated rings. The lowest BCUT2D eigenvalue weighted by atomic mass is 10.4. The van der Waals surface area contributed by atoms with Gasteiger partial charge in [0, 0.05) is 40.3 Å². The molecular formula is C16H25IN4S2. The van der Waals surface area contributed by atoms with E-state index in [1.807, 2.05) is 6.20 Å². The second-order valence-electron chi connectivity index (χ2n) is 4.96. The molecule has 0 atom stereocenters. The van der Waals surface area contributed by atoms with Gasteiger partial charge in [0.2, 0.25) is 0 Å². The summed E-state index contributed by atoms with van der Waals surface area (Å²) >= 11 is 3.60. The Morgan fingerprint density at radius 2 is 2.00 bits per heavy atom. The Balaban J connectivity index is 0.00000264. The Labute approximate surface area is 163 Å². The number of rotatable bonds is 7. The molecule has 23 heavy (non-hydrogen) atoms. The molecule has 7 heteroatoms. The monoisotopic (exact) mass is 464 g/mol. The Hall–Kier alpha value is -0.670. The Morgan fingerprint density at radius 1 is 1.17 bits per heavy atom. The lowest BCUT2D eigenvalue weighted by Gasteiger charge is -2.10. The molecule has 0 aliphatic rings. The fourth-order valence-corrected chi connectivity index (χ4v) is 3.66. The molecule has 2 aromatic rings. The molecule has 2 aromatic heterocycles. The van der Waals surface area contributed by atoms with Crippen molar-refractivity contribution in [3.05, 3.63) is 38.0 Å². The van der Waals surface area contributed by atoms with Crippen LogP contribution in [-0.2, 0) is 19.4 Å². The van der Waals surface area contributed by atoms with E-state index in [2.05, 4.69) is 53.5 Å². The third-order valence-electron chi connectivity index (χ3n) is 3.11. The van der Waals surface area contributed by atoms with Gasteiger partial charge >= 0.3 is 0 Å². The summed E-state index contributed by atoms with van der Waals surface area (Å²) in [6.45, 7) is 8.82. The normalized spacial score (nSPS) is 11.2. The molecule has 2 N–H and O–H groups in total. The molecule has 128 valence electrons. The number of aryl methyl sites for hydroxylation is 2. The molecule has 0 aliphatic heterocycles. The number of thiophene rings is 1. The van der Waals surface area contributed by atoms with Crippen molar-refractivity contribution in [2.24, 2.45) is 4.99 Å². The van der Waals surface area contributed by atoms with Crippen LogP contribution in [0.4, 0.5) is 0 Å². The first-order chi connectivity index (χ1) is 10.7. The van der Waals surface area contributed by atoms with Crippen molar-refractivity contribution in [2.45, 2.75) is 40.2 Å². The average molecular weight is 464 g/mol. The highest BCUT2D eigenvalue weighted by atomic mass is 127. The van der Waals surface area contributed by atoms with Gasteiger partial charge in [-0.2, -0.15) is 0 Å². The second kappa shape index (κ2) is 11.0. The molecule has 0 saturated carbocycles. The van der Waals surface area contributed by atoms with E-state index in [0.29, 0.717) is 0 Å². The summed E-state index contributed by atoms with van der Waals surface area (Å²) < 4.78 is 0. The first-order valence-corrected chi connectivity index (χ1v) is 9.35. The summed E-state index contributed by atoms with van der Waals surface area (Å²) in [7, 11) is 0. The molecule has 0 aliphatic carbocycles. The number of halogens is 1. The van der Waals surface area contributed by atoms with Gasteiger partial charge in [-0.15, -0.1) is 46.7 Å². The van der Waals surface area contributed by atoms with Crippen LogP contribution < -0.4 is 10.6 Å². The third kappa shape index (κ3) is 7.17. The van der Waals surface area contributed by atoms with Crippen LogP contribution >= 0.6 is 46.7 Å². The minimum Gasteiger partial charge on any atom is -0.357 e. The smallest absolute Gasteiger partial charge is 0.191 e. The van der Waals surface area contributed by atoms with Crippen LogP contribution in [0.3, 0.4) is 0 Å². The molecule has 0 bridgehead atoms. The summed E-state index contributed by atoms with van der Waals surface area (Å²) in [6, 6.07) is 4.29. The summed E-state index contributed by atoms with van der Waals surface area (Å²) in [5, 5.41) is 7.86. The van der Waals surface area contributed by atoms with E-state index in [0.717, 1.165) is 38.4 Å². The van der Waals surface area contributed by atoms with Crippen molar-refractivity contribution in [2.75, 3.05) is 13.1 Å². The van der Waals surface area contributed by atoms with Crippen LogP contribution in [0, 0.1) is 6.92 Å². The van der Waals surface area contributed by atoms with Gasteiger partial charge in [0.05, 0.1) is 11.6 Å². The zero-order valence-electron chi connectivity index (χ0n) is 13.9. The molecular weight excluding hydrogens is 439 g/mol. The van der Waals surface area contributed by atoms with Crippen molar-refractivity contribution in [3.63, 3.8) is 0 Å². The summed E-state index contributed by atoms with van der Waals surface area (Å²) in [6.07, 6.45) is 3.99. The predicted octanol–water partition coefficient (Wildman–Crippen LogP) is 3.99. The lowest BCUT2D eigenvalue weighted by Crippen LogP contribution is -2.38. The summed E-state index contributed by atoms with van der Waals surface area (Å²) in [4.78, 5) is 13.1. The number of thiazole rings is 1. The van der Waals surface area contributed by atoms with E-state index in [4.69, 9.17) is 0 Å². The van der Waals surface area contributed by atoms with Crippen LogP contribution in [0.5, 0.6) is 0 Å². The number of nitrogens with zero attached hydrogens (tertiary/aromatic N) is 2. The zero-order chi connectivity index (χ0) is 15.8. The highest BCUT2D eigenvalue weighted by molar-refractivity contribution is 14.0. The van der Waals surface area contributed by atoms with Crippen molar-refractivity contribution in [1.29, 1.82) is 0 Å². The van der Waals surface area contributed by atoms with Gasteiger partial charge in [-0.25, -0.2) is 9.98 Å². The summed E-state index contributed by atoms with van der Waals surface area (Å²) in [5.74, 6) is 0.876. The largest absolute Gasteiger partial charge is 0.357 e. The van der Waals surface area contributed by atoms with Crippen molar-refractivity contribution in [3.8, 4) is 0 Å². The molecule has 0 saturated heterocycles. The maximum atomic E-state index is 4.64. The van der Waals surface area contributed by atoms with Crippen LogP contribution in [0.1, 0.15) is 33.5 Å². The third-order valence-corrected chi connectivity index (χ3v) is 5.30. The maximum Gasteiger partial charge on any atom is 0.191 e. The number of hydrogen-bond acceptors (Lipinski definition) is 4. The number of guanidine groups is 1. The van der Waals surface area contributed by atoms with Crippen LogP contribution in [-0.4, -0.2) is 24.0 Å². The number of nitrogens with one attached hydrogen (secondary N) is 2. The van der Waals surface area contributed by atoms with Crippen molar-refractivity contribution >= 4 is 52.6 Å². The van der Waals surface area contributed by atoms with Gasteiger partial charge < -0.3 is 10.6 Å². The number of aromatic nitrogens is 1. The first kappa shape index (κ1) is 20.4. The van der Waals surface area contributed by atoms with E-state index in [1.165, 1.54) is 19.6 Å². The molecule has 0 radical (unpaired) electrons. The van der Waals surface area contributed by atoms with Gasteiger partial charge in [0.1, 0.15) is 0 Å². The molecule has 0 amide bonds. The number of aliphatic imine (C=N–C) groups is 1. The minimum atomic E-state index is 0. The van der Waals surface area contributed by atoms with Crippen LogP contribution in [0.15, 0.2) is 23.3 Å². The zero-order valence-corrected chi connectivity index (χ0v) is 17.9. The molecule has 0 unspecified atom stereocenters. The van der Waals surface area contributed by atoms with E-state index in [9.17, 15) is 0 Å². The molecule has 0 aromatic carbocycles. The summed E-state index contributed by atoms with van der Waals surface area (Å²) in [5.41, 5.74) is 0. The minimum absolute atomic E-state index is 0. The van der Waals surface area contributed by atoms with Crippen LogP contribution in [0.25, 0.3) is 0 Å². The van der Waals surface area contributed by atoms with Crippen LogP contribution in [0.2, 0.25) is 0 Å². The van der Waals surface area contributed by atoms with E-state index < -0.39 is 0 Å². The van der Waals surface area contributed by atoms with E-state index in [-0.39, 0.29) is 24.0 Å². The molecule has 4 nitrogen and oxygen atoms in total. The highest BCUT2D eigenvalue weighted by Crippen LogP contribution is 2.15. The predicted molar refractivity (Wildman–Crippen MR) is 112 cm³/mol. The van der Waals surface area contributed by atoms with Gasteiger partial charge in [0.15, 0.2) is 5.96 Å². The van der Waals surface area contributed by atoms with Gasteiger partial charge in [-0.05, 0) is 32.4 Å². The Morgan fingerprint density at radius 3 is 2.61 bits per heavy atom. The number of hydrogen-bond donors (Lipinski definition) is 2. The molecule has 2 rings (SSSR count). The van der Waals surface area contributed by atoms with E-state index >= 15 is 0 Å².